The van der Waals surface area contributed by atoms with E-state index in [-0.39, 0.29) is 23.2 Å². The maximum atomic E-state index is 14.0. The molecule has 2 saturated heterocycles. The molecule has 1 unspecified atom stereocenters. The number of piperidine rings is 1. The van der Waals surface area contributed by atoms with Crippen LogP contribution in [-0.2, 0) is 28.8 Å². The van der Waals surface area contributed by atoms with Crippen LogP contribution in [0.15, 0.2) is 78.4 Å². The molecule has 1 aliphatic carbocycles. The minimum absolute atomic E-state index is 0.274. The highest BCUT2D eigenvalue weighted by molar-refractivity contribution is 6.19. The third-order valence-electron chi connectivity index (χ3n) is 10.2. The number of nitrogens with zero attached hydrogens (tertiary/aromatic N) is 2. The fourth-order valence-electron chi connectivity index (χ4n) is 7.39. The molecule has 1 saturated carbocycles. The molecule has 0 bridgehead atoms. The third-order valence-corrected chi connectivity index (χ3v) is 10.2. The highest BCUT2D eigenvalue weighted by atomic mass is 19.1. The zero-order chi connectivity index (χ0) is 34.3. The number of hydrogen-bond donors (Lipinski definition) is 0. The number of ether oxygens (including phenoxy) is 2. The molecule has 2 aromatic rings. The van der Waals surface area contributed by atoms with Crippen molar-refractivity contribution in [2.75, 3.05) is 46.5 Å². The molecule has 0 amide bonds. The maximum absolute atomic E-state index is 14.0. The van der Waals surface area contributed by atoms with E-state index >= 15 is 0 Å². The molecule has 254 valence electrons. The van der Waals surface area contributed by atoms with E-state index in [1.165, 1.54) is 31.4 Å². The van der Waals surface area contributed by atoms with Gasteiger partial charge in [0.25, 0.3) is 0 Å². The molecule has 4 aliphatic rings. The van der Waals surface area contributed by atoms with Gasteiger partial charge in [-0.25, -0.2) is 18.2 Å². The summed E-state index contributed by atoms with van der Waals surface area (Å²) in [6.07, 6.45) is 8.78. The van der Waals surface area contributed by atoms with Crippen molar-refractivity contribution in [2.45, 2.75) is 51.9 Å². The van der Waals surface area contributed by atoms with E-state index in [0.717, 1.165) is 22.5 Å². The van der Waals surface area contributed by atoms with Crippen molar-refractivity contribution in [1.82, 2.24) is 4.90 Å². The fraction of sp³-hybridized carbons (Fsp3) is 0.447. The average Bonchev–Trinajstić information content (AvgIpc) is 3.09. The zero-order valence-corrected chi connectivity index (χ0v) is 28.2. The van der Waals surface area contributed by atoms with Crippen LogP contribution in [0.1, 0.15) is 51.7 Å². The second-order valence-electron chi connectivity index (χ2n) is 13.9. The van der Waals surface area contributed by atoms with Gasteiger partial charge in [0.2, 0.25) is 11.5 Å². The summed E-state index contributed by atoms with van der Waals surface area (Å²) >= 11 is 0. The van der Waals surface area contributed by atoms with Gasteiger partial charge in [-0.3, -0.25) is 9.59 Å². The van der Waals surface area contributed by atoms with Crippen molar-refractivity contribution in [2.24, 2.45) is 10.8 Å². The lowest BCUT2D eigenvalue weighted by Crippen LogP contribution is -2.67. The Hall–Kier alpha value is -3.83. The third kappa shape index (κ3) is 5.89. The van der Waals surface area contributed by atoms with Gasteiger partial charge in [0, 0.05) is 50.4 Å². The highest BCUT2D eigenvalue weighted by Gasteiger charge is 2.69. The van der Waals surface area contributed by atoms with Gasteiger partial charge in [-0.05, 0) is 93.9 Å². The number of hydrogen-bond acceptors (Lipinski definition) is 7. The van der Waals surface area contributed by atoms with Crippen molar-refractivity contribution in [1.29, 1.82) is 0 Å². The summed E-state index contributed by atoms with van der Waals surface area (Å²) in [6.45, 7) is 10.5. The quantitative estimate of drug-likeness (QED) is 0.171. The van der Waals surface area contributed by atoms with Crippen LogP contribution in [-0.4, -0.2) is 84.6 Å². The fourth-order valence-corrected chi connectivity index (χ4v) is 7.39. The molecular weight excluding hydrogens is 618 g/mol. The number of carbonyl (C=O) groups excluding carboxylic acids is 2. The van der Waals surface area contributed by atoms with Crippen LogP contribution in [0.4, 0.5) is 8.78 Å². The Balaban J connectivity index is 1.34. The summed E-state index contributed by atoms with van der Waals surface area (Å²) < 4.78 is 41.3. The number of halogens is 2. The number of morpholine rings is 1. The van der Waals surface area contributed by atoms with Gasteiger partial charge in [-0.2, -0.15) is 4.89 Å². The van der Waals surface area contributed by atoms with Gasteiger partial charge >= 0.3 is 0 Å². The van der Waals surface area contributed by atoms with Gasteiger partial charge in [0.05, 0.1) is 29.6 Å². The molecule has 2 aromatic carbocycles. The average molecular weight is 662 g/mol. The molecule has 6 rings (SSSR count). The van der Waals surface area contributed by atoms with Gasteiger partial charge in [0.15, 0.2) is 11.6 Å². The van der Waals surface area contributed by atoms with E-state index in [2.05, 4.69) is 9.48 Å². The predicted octanol–water partition coefficient (Wildman–Crippen LogP) is 5.66. The summed E-state index contributed by atoms with van der Waals surface area (Å²) in [5.74, 6) is -2.88. The molecule has 3 heterocycles. The Morgan fingerprint density at radius 3 is 2.04 bits per heavy atom. The Bertz CT molecular complexity index is 1690. The molecular formula is C38H43F2N2O6+. The molecule has 3 fully saturated rings. The molecule has 8 nitrogen and oxygen atoms in total. The molecule has 10 heteroatoms. The lowest BCUT2D eigenvalue weighted by molar-refractivity contribution is -0.561. The Morgan fingerprint density at radius 2 is 1.46 bits per heavy atom. The first-order valence-corrected chi connectivity index (χ1v) is 16.4. The minimum Gasteiger partial charge on any atom is -0.378 e. The zero-order valence-electron chi connectivity index (χ0n) is 28.2. The molecule has 0 radical (unpaired) electrons. The van der Waals surface area contributed by atoms with Gasteiger partial charge in [0.1, 0.15) is 30.3 Å². The number of rotatable bonds is 6. The van der Waals surface area contributed by atoms with Crippen molar-refractivity contribution >= 4 is 23.0 Å². The molecule has 0 N–H and O–H groups in total. The number of ketones is 2. The van der Waals surface area contributed by atoms with Crippen LogP contribution >= 0.6 is 0 Å². The van der Waals surface area contributed by atoms with Crippen LogP contribution in [0.25, 0.3) is 5.70 Å². The minimum atomic E-state index is -1.65. The monoisotopic (exact) mass is 661 g/mol. The summed E-state index contributed by atoms with van der Waals surface area (Å²) in [6, 6.07) is 12.8. The second-order valence-corrected chi connectivity index (χ2v) is 13.9. The van der Waals surface area contributed by atoms with E-state index in [0.29, 0.717) is 57.8 Å². The van der Waals surface area contributed by atoms with Crippen LogP contribution in [0.2, 0.25) is 0 Å². The first-order valence-electron chi connectivity index (χ1n) is 16.4. The Labute approximate surface area is 280 Å². The van der Waals surface area contributed by atoms with Crippen LogP contribution in [0.3, 0.4) is 0 Å². The largest absolute Gasteiger partial charge is 0.378 e. The van der Waals surface area contributed by atoms with E-state index in [4.69, 9.17) is 19.2 Å². The Morgan fingerprint density at radius 1 is 0.875 bits per heavy atom. The summed E-state index contributed by atoms with van der Waals surface area (Å²) in [4.78, 5) is 41.5. The number of allylic oxidation sites excluding steroid dienone is 3. The van der Waals surface area contributed by atoms with Crippen LogP contribution in [0, 0.1) is 22.5 Å². The van der Waals surface area contributed by atoms with Crippen molar-refractivity contribution in [3.8, 4) is 0 Å². The summed E-state index contributed by atoms with van der Waals surface area (Å²) in [7, 11) is 1.42. The van der Waals surface area contributed by atoms with Crippen LogP contribution < -0.4 is 0 Å². The van der Waals surface area contributed by atoms with Crippen molar-refractivity contribution in [3.63, 3.8) is 0 Å². The predicted molar refractivity (Wildman–Crippen MR) is 176 cm³/mol. The molecule has 3 aliphatic heterocycles. The summed E-state index contributed by atoms with van der Waals surface area (Å²) in [5, 5.41) is 0. The maximum Gasteiger partial charge on any atom is 0.242 e. The van der Waals surface area contributed by atoms with E-state index in [1.807, 2.05) is 24.3 Å². The van der Waals surface area contributed by atoms with E-state index in [1.54, 1.807) is 52.0 Å². The highest BCUT2D eigenvalue weighted by Crippen LogP contribution is 2.55. The van der Waals surface area contributed by atoms with Crippen molar-refractivity contribution in [3.05, 3.63) is 101 Å². The second kappa shape index (κ2) is 12.9. The first kappa shape index (κ1) is 34.0. The smallest absolute Gasteiger partial charge is 0.242 e. The normalized spacial score (nSPS) is 27.3. The number of carbonyl (C=O) groups is 2. The SMILES string of the molecule is COC12OOC3(C=C1C(=O)C(C)(C)C(=O)C2(C)C)CC[N+](=C(/C=C/C=C(\c1ccc(F)cc1)N1CCOCC1)c1ccc(F)cc1)CC3. The topological polar surface area (TPSA) is 77.3 Å². The van der Waals surface area contributed by atoms with Crippen LogP contribution in [0.5, 0.6) is 0 Å². The first-order chi connectivity index (χ1) is 22.8. The van der Waals surface area contributed by atoms with Gasteiger partial charge < -0.3 is 14.4 Å². The molecule has 48 heavy (non-hydrogen) atoms. The number of fused-ring (bicyclic) bond motifs is 1. The number of methoxy groups -OCH3 is 1. The van der Waals surface area contributed by atoms with E-state index < -0.39 is 22.2 Å². The lowest BCUT2D eigenvalue weighted by atomic mass is 9.57. The van der Waals surface area contributed by atoms with E-state index in [9.17, 15) is 18.4 Å². The van der Waals surface area contributed by atoms with Crippen molar-refractivity contribution < 1.29 is 42.2 Å². The molecule has 0 aromatic heterocycles. The molecule has 1 atom stereocenters. The Kier molecular flexibility index (Phi) is 9.14. The molecule has 1 spiro atoms. The number of benzene rings is 2. The number of Topliss-reactive ketones (excluding diaryl/α,β-unsaturated/α-hetero) is 2. The standard InChI is InChI=1S/C38H43F2N2O6/c1-35(2)33(43)30-25-37(47-48-38(30,45-5)36(3,4)34(35)44)17-19-41(20-18-37)31(26-9-13-28(39)14-10-26)7-6-8-32(42-21-23-46-24-22-42)27-11-15-29(40)16-12-27/h6-16,25H,17-24H2,1-5H3/q+1. The summed E-state index contributed by atoms with van der Waals surface area (Å²) in [5.41, 5.74) is 0.564. The van der Waals surface area contributed by atoms with Gasteiger partial charge in [-0.15, -0.1) is 0 Å². The lowest BCUT2D eigenvalue weighted by Gasteiger charge is -2.54. The van der Waals surface area contributed by atoms with Gasteiger partial charge in [-0.1, -0.05) is 6.08 Å².